The Bertz CT molecular complexity index is 1540. The molecule has 0 saturated carbocycles. The maximum absolute atomic E-state index is 12.5. The fraction of sp³-hybridized carbons (Fsp3) is 0.160. The molecule has 0 spiro atoms. The zero-order valence-corrected chi connectivity index (χ0v) is 21.5. The van der Waals surface area contributed by atoms with E-state index in [2.05, 4.69) is 16.4 Å². The summed E-state index contributed by atoms with van der Waals surface area (Å²) in [6, 6.07) is 16.8. The molecule has 4 N–H and O–H groups in total. The lowest BCUT2D eigenvalue weighted by molar-refractivity contribution is -0.117. The molecule has 0 bridgehead atoms. The largest absolute Gasteiger partial charge is 0.383 e. The van der Waals surface area contributed by atoms with Gasteiger partial charge in [0.25, 0.3) is 10.0 Å². The number of nitrogens with two attached hydrogens (primary N) is 1. The molecule has 1 heterocycles. The summed E-state index contributed by atoms with van der Waals surface area (Å²) in [5, 5.41) is 22.4. The molecule has 37 heavy (non-hydrogen) atoms. The van der Waals surface area contributed by atoms with Crippen LogP contribution in [0, 0.1) is 22.7 Å². The number of hydrogen-bond donors (Lipinski definition) is 3. The number of nitrogen functional groups attached to an aromatic ring is 1. The monoisotopic (exact) mass is 534 g/mol. The number of amides is 2. The molecule has 0 aliphatic carbocycles. The molecular formula is C25H22N6O4S2. The van der Waals surface area contributed by atoms with E-state index in [1.807, 2.05) is 42.0 Å². The van der Waals surface area contributed by atoms with Crippen LogP contribution in [0.1, 0.15) is 30.5 Å². The van der Waals surface area contributed by atoms with Crippen LogP contribution in [0.3, 0.4) is 0 Å². The quantitative estimate of drug-likeness (QED) is 0.366. The van der Waals surface area contributed by atoms with E-state index in [-0.39, 0.29) is 32.6 Å². The predicted molar refractivity (Wildman–Crippen MR) is 140 cm³/mol. The lowest BCUT2D eigenvalue weighted by Crippen LogP contribution is -2.28. The number of thioether (sulfide) groups is 1. The number of carbonyl (C=O) groups is 2. The van der Waals surface area contributed by atoms with Gasteiger partial charge in [-0.3, -0.25) is 9.59 Å². The SMILES string of the molecule is CCc1ccc(-c2c(C#N)c(N)nc(SCC(=O)Nc3ccc(S(=O)(=O)NC(C)=O)cc3)c2C#N)cc1. The van der Waals surface area contributed by atoms with Gasteiger partial charge in [-0.1, -0.05) is 43.0 Å². The van der Waals surface area contributed by atoms with Gasteiger partial charge in [0.05, 0.1) is 16.2 Å². The van der Waals surface area contributed by atoms with Gasteiger partial charge in [0.2, 0.25) is 11.8 Å². The van der Waals surface area contributed by atoms with E-state index < -0.39 is 21.8 Å². The fourth-order valence-electron chi connectivity index (χ4n) is 3.39. The molecule has 1 aromatic heterocycles. The van der Waals surface area contributed by atoms with Gasteiger partial charge >= 0.3 is 0 Å². The molecule has 0 aliphatic heterocycles. The number of hydrogen-bond acceptors (Lipinski definition) is 9. The maximum atomic E-state index is 12.5. The van der Waals surface area contributed by atoms with Crippen molar-refractivity contribution in [2.75, 3.05) is 16.8 Å². The van der Waals surface area contributed by atoms with Crippen LogP contribution in [0.4, 0.5) is 11.5 Å². The molecule has 12 heteroatoms. The number of carbonyl (C=O) groups excluding carboxylic acids is 2. The second-order valence-electron chi connectivity index (χ2n) is 7.72. The van der Waals surface area contributed by atoms with Crippen molar-refractivity contribution < 1.29 is 18.0 Å². The average Bonchev–Trinajstić information content (AvgIpc) is 2.86. The van der Waals surface area contributed by atoms with Crippen LogP contribution < -0.4 is 15.8 Å². The first kappa shape index (κ1) is 27.2. The number of nitrogens with zero attached hydrogens (tertiary/aromatic N) is 3. The molecule has 0 aliphatic rings. The Hall–Kier alpha value is -4.39. The molecule has 0 saturated heterocycles. The van der Waals surface area contributed by atoms with Crippen molar-refractivity contribution in [3.8, 4) is 23.3 Å². The van der Waals surface area contributed by atoms with Crippen LogP contribution in [-0.2, 0) is 26.0 Å². The zero-order chi connectivity index (χ0) is 27.2. The fourth-order valence-corrected chi connectivity index (χ4v) is 5.18. The molecule has 188 valence electrons. The number of sulfonamides is 1. The molecule has 2 aromatic carbocycles. The number of benzene rings is 2. The summed E-state index contributed by atoms with van der Waals surface area (Å²) in [5.41, 5.74) is 8.67. The van der Waals surface area contributed by atoms with Gasteiger partial charge < -0.3 is 11.1 Å². The van der Waals surface area contributed by atoms with Crippen LogP contribution >= 0.6 is 11.8 Å². The highest BCUT2D eigenvalue weighted by atomic mass is 32.2. The van der Waals surface area contributed by atoms with Crippen LogP contribution in [0.2, 0.25) is 0 Å². The van der Waals surface area contributed by atoms with Crippen molar-refractivity contribution in [1.82, 2.24) is 9.71 Å². The first-order valence-electron chi connectivity index (χ1n) is 10.9. The van der Waals surface area contributed by atoms with Crippen molar-refractivity contribution in [3.63, 3.8) is 0 Å². The van der Waals surface area contributed by atoms with Crippen molar-refractivity contribution in [2.24, 2.45) is 0 Å². The third-order valence-electron chi connectivity index (χ3n) is 5.13. The highest BCUT2D eigenvalue weighted by Crippen LogP contribution is 2.35. The van der Waals surface area contributed by atoms with Crippen molar-refractivity contribution in [2.45, 2.75) is 30.2 Å². The molecule has 3 aromatic rings. The van der Waals surface area contributed by atoms with Gasteiger partial charge in [0, 0.05) is 18.2 Å². The van der Waals surface area contributed by atoms with E-state index >= 15 is 0 Å². The number of aromatic nitrogens is 1. The van der Waals surface area contributed by atoms with Gasteiger partial charge in [-0.15, -0.1) is 0 Å². The molecule has 0 radical (unpaired) electrons. The van der Waals surface area contributed by atoms with E-state index in [0.29, 0.717) is 16.8 Å². The van der Waals surface area contributed by atoms with Crippen LogP contribution in [-0.4, -0.2) is 31.0 Å². The van der Waals surface area contributed by atoms with Gasteiger partial charge in [-0.25, -0.2) is 18.1 Å². The van der Waals surface area contributed by atoms with Crippen molar-refractivity contribution >= 4 is 45.1 Å². The second-order valence-corrected chi connectivity index (χ2v) is 10.4. The second kappa shape index (κ2) is 11.6. The van der Waals surface area contributed by atoms with E-state index in [9.17, 15) is 28.5 Å². The van der Waals surface area contributed by atoms with Gasteiger partial charge in [0.1, 0.15) is 28.5 Å². The van der Waals surface area contributed by atoms with Gasteiger partial charge in [-0.05, 0) is 41.8 Å². The van der Waals surface area contributed by atoms with E-state index in [4.69, 9.17) is 5.73 Å². The molecule has 0 unspecified atom stereocenters. The first-order valence-corrected chi connectivity index (χ1v) is 13.4. The normalized spacial score (nSPS) is 10.7. The Morgan fingerprint density at radius 3 is 2.19 bits per heavy atom. The Kier molecular flexibility index (Phi) is 8.50. The van der Waals surface area contributed by atoms with E-state index in [1.165, 1.54) is 24.3 Å². The lowest BCUT2D eigenvalue weighted by atomic mass is 9.96. The zero-order valence-electron chi connectivity index (χ0n) is 19.9. The van der Waals surface area contributed by atoms with Gasteiger partial charge in [-0.2, -0.15) is 10.5 Å². The number of nitrogens with one attached hydrogen (secondary N) is 2. The summed E-state index contributed by atoms with van der Waals surface area (Å²) in [6.07, 6.45) is 0.832. The minimum atomic E-state index is -3.99. The molecule has 0 fully saturated rings. The minimum Gasteiger partial charge on any atom is -0.383 e. The van der Waals surface area contributed by atoms with Crippen molar-refractivity contribution in [1.29, 1.82) is 10.5 Å². The number of pyridine rings is 1. The molecule has 0 atom stereocenters. The summed E-state index contributed by atoms with van der Waals surface area (Å²) in [4.78, 5) is 27.7. The van der Waals surface area contributed by atoms with E-state index in [1.54, 1.807) is 0 Å². The summed E-state index contributed by atoms with van der Waals surface area (Å²) >= 11 is 0.985. The number of anilines is 2. The molecular weight excluding hydrogens is 512 g/mol. The molecule has 2 amide bonds. The van der Waals surface area contributed by atoms with Crippen molar-refractivity contribution in [3.05, 3.63) is 65.2 Å². The number of rotatable bonds is 8. The number of nitriles is 2. The minimum absolute atomic E-state index is 0.0463. The highest BCUT2D eigenvalue weighted by molar-refractivity contribution is 8.00. The van der Waals surface area contributed by atoms with E-state index in [0.717, 1.165) is 30.7 Å². The lowest BCUT2D eigenvalue weighted by Gasteiger charge is -2.13. The average molecular weight is 535 g/mol. The first-order chi connectivity index (χ1) is 17.6. The van der Waals surface area contributed by atoms with Crippen LogP contribution in [0.15, 0.2) is 58.5 Å². The Labute approximate surface area is 218 Å². The molecule has 3 rings (SSSR count). The standard InChI is InChI=1S/C25H22N6O4S2/c1-3-16-4-6-17(7-5-16)23-20(12-26)24(28)30-25(21(23)13-27)36-14-22(33)29-18-8-10-19(11-9-18)37(34,35)31-15(2)32/h4-11H,3,14H2,1-2H3,(H2,28,30)(H,29,33)(H,31,32). The Morgan fingerprint density at radius 2 is 1.65 bits per heavy atom. The summed E-state index contributed by atoms with van der Waals surface area (Å²) in [5.74, 6) is -1.34. The summed E-state index contributed by atoms with van der Waals surface area (Å²) in [7, 11) is -3.99. The summed E-state index contributed by atoms with van der Waals surface area (Å²) in [6.45, 7) is 3.10. The van der Waals surface area contributed by atoms with Gasteiger partial charge in [0.15, 0.2) is 0 Å². The Morgan fingerprint density at radius 1 is 1.03 bits per heavy atom. The third-order valence-corrected chi connectivity index (χ3v) is 7.56. The topological polar surface area (TPSA) is 179 Å². The maximum Gasteiger partial charge on any atom is 0.264 e. The molecule has 10 nitrogen and oxygen atoms in total. The third kappa shape index (κ3) is 6.44. The smallest absolute Gasteiger partial charge is 0.264 e. The van der Waals surface area contributed by atoms with Crippen LogP contribution in [0.25, 0.3) is 11.1 Å². The van der Waals surface area contributed by atoms with Crippen LogP contribution in [0.5, 0.6) is 0 Å². The predicted octanol–water partition coefficient (Wildman–Crippen LogP) is 3.19. The summed E-state index contributed by atoms with van der Waals surface area (Å²) < 4.78 is 25.9. The highest BCUT2D eigenvalue weighted by Gasteiger charge is 2.21. The number of aryl methyl sites for hydroxylation is 1. The Balaban J connectivity index is 1.81.